The molecule has 6 heavy (non-hydrogen) atoms. The highest BCUT2D eigenvalue weighted by molar-refractivity contribution is 7.80. The van der Waals surface area contributed by atoms with Crippen LogP contribution < -0.4 is 11.9 Å². The first-order valence-corrected chi connectivity index (χ1v) is 1.95. The Bertz CT molecular complexity index is 25.5. The van der Waals surface area contributed by atoms with Gasteiger partial charge in [-0.3, -0.25) is 0 Å². The molecule has 0 aliphatic rings. The number of hydrogen-bond acceptors (Lipinski definition) is 4. The highest BCUT2D eigenvalue weighted by Crippen LogP contribution is 1.71. The van der Waals surface area contributed by atoms with Gasteiger partial charge in [-0.1, -0.05) is 0 Å². The molecule has 0 aromatic rings. The molecule has 40 valence electrons. The van der Waals surface area contributed by atoms with E-state index >= 15 is 0 Å². The maximum absolute atomic E-state index is 8.06. The lowest BCUT2D eigenvalue weighted by Crippen LogP contribution is -2.19. The number of aliphatic hydroxyl groups is 1. The molecule has 0 saturated heterocycles. The minimum atomic E-state index is -0.752. The molecule has 6 N–H and O–H groups in total. The van der Waals surface area contributed by atoms with Gasteiger partial charge in [0.25, 0.3) is 0 Å². The monoisotopic (exact) mass is 110 g/mol. The van der Waals surface area contributed by atoms with Crippen molar-refractivity contribution < 1.29 is 5.11 Å². The lowest BCUT2D eigenvalue weighted by atomic mass is 10.7. The molecule has 0 saturated carbocycles. The van der Waals surface area contributed by atoms with Crippen molar-refractivity contribution in [1.29, 1.82) is 0 Å². The van der Waals surface area contributed by atoms with Gasteiger partial charge in [0.05, 0.1) is 0 Å². The predicted molar refractivity (Wildman–Crippen MR) is 29.1 cm³/mol. The van der Waals surface area contributed by atoms with Crippen LogP contribution in [0.5, 0.6) is 0 Å². The molecule has 0 fully saturated rings. The van der Waals surface area contributed by atoms with Crippen molar-refractivity contribution in [3.63, 3.8) is 0 Å². The van der Waals surface area contributed by atoms with E-state index in [0.29, 0.717) is 5.75 Å². The zero-order valence-corrected chi connectivity index (χ0v) is 4.36. The fraction of sp³-hybridized carbons (Fsp3) is 1.00. The molecule has 0 aliphatic heterocycles. The van der Waals surface area contributed by atoms with Gasteiger partial charge in [0.15, 0.2) is 0 Å². The van der Waals surface area contributed by atoms with Crippen LogP contribution in [0.2, 0.25) is 0 Å². The molecule has 0 rings (SSSR count). The van der Waals surface area contributed by atoms with Crippen molar-refractivity contribution in [2.45, 2.75) is 6.23 Å². The second-order valence-corrected chi connectivity index (χ2v) is 1.12. The van der Waals surface area contributed by atoms with Crippen LogP contribution in [-0.2, 0) is 0 Å². The number of hydrogen-bond donors (Lipinski definition) is 4. The van der Waals surface area contributed by atoms with Crippen LogP contribution in [0.1, 0.15) is 0 Å². The first-order chi connectivity index (χ1) is 2.27. The van der Waals surface area contributed by atoms with Crippen LogP contribution in [-0.4, -0.2) is 17.1 Å². The Hall–Kier alpha value is 0.230. The van der Waals surface area contributed by atoms with Crippen LogP contribution in [0, 0.1) is 0 Å². The second kappa shape index (κ2) is 5.23. The first-order valence-electron chi connectivity index (χ1n) is 1.32. The highest BCUT2D eigenvalue weighted by atomic mass is 32.1. The summed E-state index contributed by atoms with van der Waals surface area (Å²) in [5.41, 5.74) is 4.77. The topological polar surface area (TPSA) is 81.2 Å². The van der Waals surface area contributed by atoms with Gasteiger partial charge in [-0.25, -0.2) is 0 Å². The predicted octanol–water partition coefficient (Wildman–Crippen LogP) is -0.645. The van der Waals surface area contributed by atoms with E-state index in [1.54, 1.807) is 0 Å². The summed E-state index contributed by atoms with van der Waals surface area (Å²) >= 11 is 3.64. The van der Waals surface area contributed by atoms with E-state index in [0.717, 1.165) is 0 Å². The molecule has 0 radical (unpaired) electrons. The third-order valence-electron chi connectivity index (χ3n) is 0.187. The van der Waals surface area contributed by atoms with Crippen molar-refractivity contribution in [1.82, 2.24) is 6.15 Å². The molecule has 4 heteroatoms. The third kappa shape index (κ3) is 8.87. The Morgan fingerprint density at radius 2 is 2.00 bits per heavy atom. The van der Waals surface area contributed by atoms with Gasteiger partial charge < -0.3 is 17.0 Å². The fourth-order valence-corrected chi connectivity index (χ4v) is 0. The van der Waals surface area contributed by atoms with E-state index < -0.39 is 6.23 Å². The third-order valence-corrected chi connectivity index (χ3v) is 0.561. The molecule has 0 aliphatic carbocycles. The van der Waals surface area contributed by atoms with E-state index in [4.69, 9.17) is 10.8 Å². The first kappa shape index (κ1) is 9.52. The number of rotatable bonds is 1. The molecule has 0 aromatic heterocycles. The standard InChI is InChI=1S/C2H7NOS.H3N/c3-2(4)1-5;/h2,4-5H,1,3H2;1H3. The van der Waals surface area contributed by atoms with Crippen molar-refractivity contribution in [2.24, 2.45) is 5.73 Å². The lowest BCUT2D eigenvalue weighted by molar-refractivity contribution is 0.208. The van der Waals surface area contributed by atoms with Gasteiger partial charge in [0.2, 0.25) is 0 Å². The Morgan fingerprint density at radius 3 is 2.00 bits per heavy atom. The quantitative estimate of drug-likeness (QED) is 0.267. The van der Waals surface area contributed by atoms with E-state index in [1.807, 2.05) is 0 Å². The smallest absolute Gasteiger partial charge is 0.111 e. The molecule has 0 amide bonds. The zero-order chi connectivity index (χ0) is 4.28. The van der Waals surface area contributed by atoms with Crippen molar-refractivity contribution in [3.8, 4) is 0 Å². The SMILES string of the molecule is N.NC(O)CS. The van der Waals surface area contributed by atoms with E-state index in [9.17, 15) is 0 Å². The van der Waals surface area contributed by atoms with Gasteiger partial charge in [-0.05, 0) is 0 Å². The van der Waals surface area contributed by atoms with E-state index in [1.165, 1.54) is 0 Å². The molecular formula is C2H10N2OS. The summed E-state index contributed by atoms with van der Waals surface area (Å²) < 4.78 is 0. The average Bonchev–Trinajstić information content (AvgIpc) is 1.38. The summed E-state index contributed by atoms with van der Waals surface area (Å²) in [6.07, 6.45) is -0.752. The number of nitrogens with two attached hydrogens (primary N) is 1. The summed E-state index contributed by atoms with van der Waals surface area (Å²) in [4.78, 5) is 0. The van der Waals surface area contributed by atoms with Crippen LogP contribution in [0.15, 0.2) is 0 Å². The summed E-state index contributed by atoms with van der Waals surface area (Å²) in [5, 5.41) is 8.06. The zero-order valence-electron chi connectivity index (χ0n) is 3.46. The van der Waals surface area contributed by atoms with Gasteiger partial charge in [0.1, 0.15) is 6.23 Å². The molecule has 0 aromatic carbocycles. The largest absolute Gasteiger partial charge is 0.378 e. The molecule has 1 atom stereocenters. The fourth-order valence-electron chi connectivity index (χ4n) is 0. The van der Waals surface area contributed by atoms with Gasteiger partial charge in [0, 0.05) is 5.75 Å². The van der Waals surface area contributed by atoms with Crippen molar-refractivity contribution in [3.05, 3.63) is 0 Å². The van der Waals surface area contributed by atoms with Crippen LogP contribution >= 0.6 is 12.6 Å². The number of aliphatic hydroxyl groups excluding tert-OH is 1. The second-order valence-electron chi connectivity index (χ2n) is 0.750. The van der Waals surface area contributed by atoms with Crippen molar-refractivity contribution in [2.75, 3.05) is 5.75 Å². The van der Waals surface area contributed by atoms with Crippen LogP contribution in [0.25, 0.3) is 0 Å². The van der Waals surface area contributed by atoms with Gasteiger partial charge >= 0.3 is 0 Å². The molecule has 0 spiro atoms. The van der Waals surface area contributed by atoms with Crippen LogP contribution in [0.4, 0.5) is 0 Å². The maximum atomic E-state index is 8.06. The lowest BCUT2D eigenvalue weighted by Gasteiger charge is -1.90. The molecule has 0 bridgehead atoms. The highest BCUT2D eigenvalue weighted by Gasteiger charge is 1.82. The minimum Gasteiger partial charge on any atom is -0.378 e. The van der Waals surface area contributed by atoms with Gasteiger partial charge in [-0.2, -0.15) is 12.6 Å². The normalized spacial score (nSPS) is 12.5. The summed E-state index contributed by atoms with van der Waals surface area (Å²) in [5.74, 6) is 0.333. The average molecular weight is 110 g/mol. The van der Waals surface area contributed by atoms with Crippen molar-refractivity contribution >= 4 is 12.6 Å². The summed E-state index contributed by atoms with van der Waals surface area (Å²) in [7, 11) is 0. The molecule has 1 unspecified atom stereocenters. The molecule has 0 heterocycles. The molecular weight excluding hydrogens is 100 g/mol. The summed E-state index contributed by atoms with van der Waals surface area (Å²) in [6, 6.07) is 0. The minimum absolute atomic E-state index is 0. The maximum Gasteiger partial charge on any atom is 0.111 e. The number of thiol groups is 1. The van der Waals surface area contributed by atoms with E-state index in [2.05, 4.69) is 12.6 Å². The summed E-state index contributed by atoms with van der Waals surface area (Å²) in [6.45, 7) is 0. The Kier molecular flexibility index (Phi) is 8.30. The van der Waals surface area contributed by atoms with E-state index in [-0.39, 0.29) is 6.15 Å². The molecule has 3 nitrogen and oxygen atoms in total. The Labute approximate surface area is 42.5 Å². The Morgan fingerprint density at radius 1 is 1.83 bits per heavy atom. The Balaban J connectivity index is 0. The van der Waals surface area contributed by atoms with Gasteiger partial charge in [-0.15, -0.1) is 0 Å². The van der Waals surface area contributed by atoms with Crippen LogP contribution in [0.3, 0.4) is 0 Å².